The molecule has 0 aliphatic carbocycles. The molecular weight excluding hydrogens is 805 g/mol. The Bertz CT molecular complexity index is 2500. The van der Waals surface area contributed by atoms with E-state index in [0.717, 1.165) is 39.1 Å². The van der Waals surface area contributed by atoms with E-state index in [0.29, 0.717) is 64.2 Å². The summed E-state index contributed by atoms with van der Waals surface area (Å²) in [6.07, 6.45) is 5.16. The average Bonchev–Trinajstić information content (AvgIpc) is 3.80. The van der Waals surface area contributed by atoms with Crippen LogP contribution in [0.2, 0.25) is 10.0 Å². The summed E-state index contributed by atoms with van der Waals surface area (Å²) in [6, 6.07) is 23.8. The Kier molecular flexibility index (Phi) is 12.0. The molecule has 0 bridgehead atoms. The molecule has 0 saturated heterocycles. The summed E-state index contributed by atoms with van der Waals surface area (Å²) in [5.74, 6) is 2.35. The summed E-state index contributed by atoms with van der Waals surface area (Å²) in [4.78, 5) is 40.8. The highest BCUT2D eigenvalue weighted by atomic mass is 35.5. The number of aliphatic carboxylic acids is 1. The van der Waals surface area contributed by atoms with Crippen molar-refractivity contribution in [1.29, 1.82) is 0 Å². The molecule has 4 aromatic carbocycles. The van der Waals surface area contributed by atoms with Gasteiger partial charge in [0, 0.05) is 42.8 Å². The zero-order valence-corrected chi connectivity index (χ0v) is 34.7. The van der Waals surface area contributed by atoms with Crippen molar-refractivity contribution in [3.8, 4) is 28.7 Å². The summed E-state index contributed by atoms with van der Waals surface area (Å²) >= 11 is 12.2. The van der Waals surface area contributed by atoms with Crippen molar-refractivity contribution in [1.82, 2.24) is 25.2 Å². The number of benzene rings is 4. The Morgan fingerprint density at radius 2 is 1.67 bits per heavy atom. The summed E-state index contributed by atoms with van der Waals surface area (Å²) in [6.45, 7) is 6.86. The highest BCUT2D eigenvalue weighted by molar-refractivity contribution is 6.42. The van der Waals surface area contributed by atoms with Crippen molar-refractivity contribution in [2.75, 3.05) is 6.61 Å². The standard InChI is InChI=1S/C46H43Cl2N5O7/c1-26-27(2)49-15-14-40(26)59-35-9-4-29(5-10-35)19-38(46(55)56)52-45(54)39-20-32-21-41-42(22-33(32)23-53(39)28(3)44-50-16-17-51-44)60-43(25-58-41)31-7-11-34(12-8-31)57-24-30-6-13-36(47)37(48)18-30/h4-18,21-22,28,38-39,43H,19-20,23-25H2,1-3H3,(H,50,51)(H,52,54)(H,55,56)/t28?,38?,39-,43+/m0/s1. The number of aromatic amines is 1. The third kappa shape index (κ3) is 9.06. The number of rotatable bonds is 13. The fraction of sp³-hybridized carbons (Fsp3) is 0.261. The van der Waals surface area contributed by atoms with E-state index in [1.54, 1.807) is 48.9 Å². The van der Waals surface area contributed by atoms with Gasteiger partial charge in [-0.3, -0.25) is 14.7 Å². The molecule has 0 radical (unpaired) electrons. The van der Waals surface area contributed by atoms with Crippen molar-refractivity contribution in [3.63, 3.8) is 0 Å². The Hall–Kier alpha value is -6.08. The maximum absolute atomic E-state index is 14.2. The van der Waals surface area contributed by atoms with E-state index < -0.39 is 24.0 Å². The van der Waals surface area contributed by atoms with Crippen LogP contribution in [-0.2, 0) is 35.6 Å². The van der Waals surface area contributed by atoms with Crippen LogP contribution >= 0.6 is 23.2 Å². The Labute approximate surface area is 357 Å². The highest BCUT2D eigenvalue weighted by Gasteiger charge is 2.38. The van der Waals surface area contributed by atoms with E-state index in [4.69, 9.17) is 42.1 Å². The lowest BCUT2D eigenvalue weighted by Crippen LogP contribution is -2.55. The van der Waals surface area contributed by atoms with Gasteiger partial charge in [0.25, 0.3) is 0 Å². The lowest BCUT2D eigenvalue weighted by molar-refractivity contribution is -0.143. The lowest BCUT2D eigenvalue weighted by atomic mass is 9.91. The quantitative estimate of drug-likeness (QED) is 0.103. The summed E-state index contributed by atoms with van der Waals surface area (Å²) in [7, 11) is 0. The number of hydrogen-bond donors (Lipinski definition) is 3. The molecule has 4 atom stereocenters. The molecule has 0 spiro atoms. The van der Waals surface area contributed by atoms with Crippen LogP contribution in [0.3, 0.4) is 0 Å². The van der Waals surface area contributed by atoms with Crippen molar-refractivity contribution in [2.24, 2.45) is 0 Å². The van der Waals surface area contributed by atoms with Gasteiger partial charge in [0.1, 0.15) is 42.3 Å². The third-order valence-electron chi connectivity index (χ3n) is 11.1. The van der Waals surface area contributed by atoms with Gasteiger partial charge >= 0.3 is 5.97 Å². The Balaban J connectivity index is 0.954. The van der Waals surface area contributed by atoms with Crippen molar-refractivity contribution >= 4 is 35.1 Å². The van der Waals surface area contributed by atoms with Crippen LogP contribution in [0.15, 0.2) is 104 Å². The first-order valence-electron chi connectivity index (χ1n) is 19.6. The van der Waals surface area contributed by atoms with E-state index in [2.05, 4.69) is 20.3 Å². The molecule has 2 unspecified atom stereocenters. The maximum Gasteiger partial charge on any atom is 0.326 e. The normalized spacial score (nSPS) is 16.9. The van der Waals surface area contributed by atoms with E-state index >= 15 is 0 Å². The molecule has 6 aromatic rings. The second-order valence-corrected chi connectivity index (χ2v) is 15.8. The van der Waals surface area contributed by atoms with Crippen LogP contribution in [0.4, 0.5) is 0 Å². The van der Waals surface area contributed by atoms with Gasteiger partial charge in [-0.15, -0.1) is 0 Å². The zero-order valence-electron chi connectivity index (χ0n) is 33.2. The number of pyridine rings is 1. The number of amides is 1. The molecule has 308 valence electrons. The zero-order chi connectivity index (χ0) is 41.9. The van der Waals surface area contributed by atoms with E-state index in [-0.39, 0.29) is 25.2 Å². The predicted molar refractivity (Wildman–Crippen MR) is 226 cm³/mol. The molecular formula is C46H43Cl2N5O7. The largest absolute Gasteiger partial charge is 0.489 e. The topological polar surface area (TPSA) is 148 Å². The summed E-state index contributed by atoms with van der Waals surface area (Å²) < 4.78 is 24.8. The Morgan fingerprint density at radius 3 is 2.40 bits per heavy atom. The fourth-order valence-electron chi connectivity index (χ4n) is 7.48. The van der Waals surface area contributed by atoms with E-state index in [9.17, 15) is 14.7 Å². The SMILES string of the molecule is Cc1nccc(Oc2ccc(CC(NC(=O)[C@@H]3Cc4cc5c(cc4CN3C(C)c3ncc[nH]3)O[C@@H](c3ccc(OCc4ccc(Cl)c(Cl)c4)cc3)CO5)C(=O)O)cc2)c1C. The number of ether oxygens (including phenoxy) is 4. The van der Waals surface area contributed by atoms with Crippen LogP contribution < -0.4 is 24.3 Å². The Morgan fingerprint density at radius 1 is 0.917 bits per heavy atom. The first kappa shape index (κ1) is 40.7. The summed E-state index contributed by atoms with van der Waals surface area (Å²) in [5, 5.41) is 14.1. The molecule has 3 N–H and O–H groups in total. The number of fused-ring (bicyclic) bond motifs is 2. The van der Waals surface area contributed by atoms with Gasteiger partial charge in [-0.05, 0) is 110 Å². The second-order valence-electron chi connectivity index (χ2n) is 15.0. The van der Waals surface area contributed by atoms with Crippen LogP contribution in [-0.4, -0.2) is 55.5 Å². The van der Waals surface area contributed by atoms with Gasteiger partial charge in [0.2, 0.25) is 5.91 Å². The minimum Gasteiger partial charge on any atom is -0.489 e. The summed E-state index contributed by atoms with van der Waals surface area (Å²) in [5.41, 5.74) is 6.28. The molecule has 60 heavy (non-hydrogen) atoms. The molecule has 0 saturated carbocycles. The number of carbonyl (C=O) groups excluding carboxylic acids is 1. The molecule has 8 rings (SSSR count). The number of halogens is 2. The van der Waals surface area contributed by atoms with Crippen LogP contribution in [0.25, 0.3) is 0 Å². The number of carboxylic acids is 1. The van der Waals surface area contributed by atoms with Gasteiger partial charge in [0.05, 0.1) is 22.1 Å². The molecule has 2 aliphatic rings. The van der Waals surface area contributed by atoms with Crippen molar-refractivity contribution < 1.29 is 33.6 Å². The number of nitrogens with one attached hydrogen (secondary N) is 2. The van der Waals surface area contributed by atoms with E-state index in [1.165, 1.54) is 0 Å². The van der Waals surface area contributed by atoms with Crippen molar-refractivity contribution in [2.45, 2.75) is 71.0 Å². The molecule has 1 amide bonds. The smallest absolute Gasteiger partial charge is 0.326 e. The number of H-pyrrole nitrogens is 1. The number of aromatic nitrogens is 3. The van der Waals surface area contributed by atoms with Crippen LogP contribution in [0, 0.1) is 13.8 Å². The fourth-order valence-corrected chi connectivity index (χ4v) is 7.80. The van der Waals surface area contributed by atoms with Gasteiger partial charge < -0.3 is 34.4 Å². The molecule has 2 aliphatic heterocycles. The lowest BCUT2D eigenvalue weighted by Gasteiger charge is -2.40. The van der Waals surface area contributed by atoms with Crippen LogP contribution in [0.1, 0.15) is 64.0 Å². The monoisotopic (exact) mass is 847 g/mol. The van der Waals surface area contributed by atoms with Gasteiger partial charge in [-0.25, -0.2) is 9.78 Å². The number of carboxylic acid groups (broad SMARTS) is 1. The van der Waals surface area contributed by atoms with Gasteiger partial charge in [-0.2, -0.15) is 0 Å². The first-order chi connectivity index (χ1) is 29.0. The number of aryl methyl sites for hydroxylation is 1. The molecule has 0 fully saturated rings. The molecule has 12 nitrogen and oxygen atoms in total. The number of carbonyl (C=O) groups is 2. The number of imidazole rings is 1. The van der Waals surface area contributed by atoms with Gasteiger partial charge in [-0.1, -0.05) is 53.5 Å². The maximum atomic E-state index is 14.2. The van der Waals surface area contributed by atoms with E-state index in [1.807, 2.05) is 80.3 Å². The first-order valence-corrected chi connectivity index (χ1v) is 20.3. The number of hydrogen-bond acceptors (Lipinski definition) is 9. The van der Waals surface area contributed by atoms with Gasteiger partial charge in [0.15, 0.2) is 17.6 Å². The molecule has 14 heteroatoms. The minimum absolute atomic E-state index is 0.0835. The highest BCUT2D eigenvalue weighted by Crippen LogP contribution is 2.42. The molecule has 2 aromatic heterocycles. The molecule has 4 heterocycles. The minimum atomic E-state index is -1.17. The predicted octanol–water partition coefficient (Wildman–Crippen LogP) is 8.91. The number of nitrogens with zero attached hydrogens (tertiary/aromatic N) is 3. The van der Waals surface area contributed by atoms with Crippen LogP contribution in [0.5, 0.6) is 28.7 Å². The average molecular weight is 849 g/mol. The van der Waals surface area contributed by atoms with Crippen molar-refractivity contribution in [3.05, 3.63) is 158 Å². The second kappa shape index (κ2) is 17.6. The third-order valence-corrected chi connectivity index (χ3v) is 11.8.